The molecule has 0 aromatic heterocycles. The summed E-state index contributed by atoms with van der Waals surface area (Å²) in [5.41, 5.74) is 8.89. The lowest BCUT2D eigenvalue weighted by molar-refractivity contribution is 0.395. The third-order valence-corrected chi connectivity index (χ3v) is 3.40. The Morgan fingerprint density at radius 2 is 1.67 bits per heavy atom. The zero-order chi connectivity index (χ0) is 9.97. The molecule has 0 bridgehead atoms. The summed E-state index contributed by atoms with van der Waals surface area (Å²) in [6, 6.07) is 9.21. The first-order chi connectivity index (χ1) is 6.77. The quantitative estimate of drug-likeness (QED) is 0.779. The monoisotopic (exact) mass is 225 g/mol. The van der Waals surface area contributed by atoms with Crippen LogP contribution in [0.3, 0.4) is 0 Å². The molecule has 0 spiro atoms. The first-order valence-electron chi connectivity index (χ1n) is 5.58. The summed E-state index contributed by atoms with van der Waals surface area (Å²) in [6.07, 6.45) is 4.93. The highest BCUT2D eigenvalue weighted by atomic mass is 35.5. The third-order valence-electron chi connectivity index (χ3n) is 3.40. The van der Waals surface area contributed by atoms with Gasteiger partial charge in [-0.05, 0) is 49.7 Å². The molecule has 2 heteroatoms. The summed E-state index contributed by atoms with van der Waals surface area (Å²) in [7, 11) is 0. The van der Waals surface area contributed by atoms with Gasteiger partial charge < -0.3 is 5.73 Å². The van der Waals surface area contributed by atoms with Crippen LogP contribution in [0, 0.1) is 6.92 Å². The highest BCUT2D eigenvalue weighted by Gasteiger charge is 2.20. The summed E-state index contributed by atoms with van der Waals surface area (Å²) >= 11 is 0. The highest BCUT2D eigenvalue weighted by Crippen LogP contribution is 2.33. The number of halogens is 1. The predicted molar refractivity (Wildman–Crippen MR) is 67.6 cm³/mol. The standard InChI is InChI=1S/C13H19N.ClH/c1-10-4-2-3-5-13(10)11-6-8-12(14)9-7-11;/h2-5,11-12H,6-9,14H2,1H3;1H. The van der Waals surface area contributed by atoms with E-state index in [1.165, 1.54) is 31.2 Å². The zero-order valence-corrected chi connectivity index (χ0v) is 10.1. The lowest BCUT2D eigenvalue weighted by atomic mass is 9.80. The molecule has 1 aliphatic rings. The van der Waals surface area contributed by atoms with Gasteiger partial charge in [0.2, 0.25) is 0 Å². The summed E-state index contributed by atoms with van der Waals surface area (Å²) in [4.78, 5) is 0. The molecule has 0 amide bonds. The topological polar surface area (TPSA) is 26.0 Å². The summed E-state index contributed by atoms with van der Waals surface area (Å²) in [6.45, 7) is 2.21. The van der Waals surface area contributed by atoms with Crippen LogP contribution >= 0.6 is 12.4 Å². The van der Waals surface area contributed by atoms with E-state index in [1.807, 2.05) is 0 Å². The lowest BCUT2D eigenvalue weighted by Gasteiger charge is -2.27. The van der Waals surface area contributed by atoms with E-state index in [2.05, 4.69) is 31.2 Å². The Hall–Kier alpha value is -0.530. The molecule has 0 radical (unpaired) electrons. The summed E-state index contributed by atoms with van der Waals surface area (Å²) < 4.78 is 0. The van der Waals surface area contributed by atoms with Crippen molar-refractivity contribution in [2.45, 2.75) is 44.6 Å². The fourth-order valence-corrected chi connectivity index (χ4v) is 2.48. The van der Waals surface area contributed by atoms with Crippen molar-refractivity contribution in [3.05, 3.63) is 35.4 Å². The van der Waals surface area contributed by atoms with Crippen molar-refractivity contribution in [3.63, 3.8) is 0 Å². The van der Waals surface area contributed by atoms with Crippen LogP contribution < -0.4 is 5.73 Å². The van der Waals surface area contributed by atoms with E-state index in [0.717, 1.165) is 5.92 Å². The normalized spacial score (nSPS) is 25.7. The highest BCUT2D eigenvalue weighted by molar-refractivity contribution is 5.85. The molecule has 1 fully saturated rings. The first-order valence-corrected chi connectivity index (χ1v) is 5.58. The van der Waals surface area contributed by atoms with Crippen molar-refractivity contribution >= 4 is 12.4 Å². The van der Waals surface area contributed by atoms with Gasteiger partial charge in [0.25, 0.3) is 0 Å². The molecule has 1 aromatic rings. The van der Waals surface area contributed by atoms with Gasteiger partial charge in [-0.15, -0.1) is 12.4 Å². The van der Waals surface area contributed by atoms with Crippen LogP contribution in [0.1, 0.15) is 42.7 Å². The van der Waals surface area contributed by atoms with Gasteiger partial charge >= 0.3 is 0 Å². The smallest absolute Gasteiger partial charge is 0.00392 e. The molecule has 15 heavy (non-hydrogen) atoms. The van der Waals surface area contributed by atoms with Gasteiger partial charge in [-0.2, -0.15) is 0 Å². The Morgan fingerprint density at radius 3 is 2.27 bits per heavy atom. The van der Waals surface area contributed by atoms with Crippen LogP contribution in [0.5, 0.6) is 0 Å². The van der Waals surface area contributed by atoms with Gasteiger partial charge in [0.15, 0.2) is 0 Å². The predicted octanol–water partition coefficient (Wildman–Crippen LogP) is 3.40. The van der Waals surface area contributed by atoms with Crippen LogP contribution in [0.15, 0.2) is 24.3 Å². The molecule has 0 aliphatic heterocycles. The number of nitrogens with two attached hydrogens (primary N) is 1. The van der Waals surface area contributed by atoms with Crippen LogP contribution in [0.25, 0.3) is 0 Å². The van der Waals surface area contributed by atoms with Gasteiger partial charge in [0, 0.05) is 6.04 Å². The SMILES string of the molecule is Cc1ccccc1C1CCC(N)CC1.Cl. The average Bonchev–Trinajstić information content (AvgIpc) is 2.20. The van der Waals surface area contributed by atoms with Gasteiger partial charge in [-0.3, -0.25) is 0 Å². The fraction of sp³-hybridized carbons (Fsp3) is 0.538. The average molecular weight is 226 g/mol. The maximum Gasteiger partial charge on any atom is 0.00392 e. The second-order valence-electron chi connectivity index (χ2n) is 4.47. The Bertz CT molecular complexity index is 303. The van der Waals surface area contributed by atoms with Crippen LogP contribution in [0.4, 0.5) is 0 Å². The van der Waals surface area contributed by atoms with E-state index < -0.39 is 0 Å². The van der Waals surface area contributed by atoms with E-state index in [0.29, 0.717) is 6.04 Å². The Kier molecular flexibility index (Phi) is 4.62. The lowest BCUT2D eigenvalue weighted by Crippen LogP contribution is -2.25. The molecule has 1 aromatic carbocycles. The van der Waals surface area contributed by atoms with Crippen LogP contribution in [0.2, 0.25) is 0 Å². The van der Waals surface area contributed by atoms with Gasteiger partial charge in [0.05, 0.1) is 0 Å². The number of rotatable bonds is 1. The van der Waals surface area contributed by atoms with E-state index >= 15 is 0 Å². The molecule has 2 rings (SSSR count). The Balaban J connectivity index is 0.00000112. The van der Waals surface area contributed by atoms with Crippen LogP contribution in [-0.2, 0) is 0 Å². The van der Waals surface area contributed by atoms with E-state index in [9.17, 15) is 0 Å². The van der Waals surface area contributed by atoms with Crippen molar-refractivity contribution in [1.82, 2.24) is 0 Å². The fourth-order valence-electron chi connectivity index (χ4n) is 2.48. The van der Waals surface area contributed by atoms with Gasteiger partial charge in [-0.25, -0.2) is 0 Å². The number of benzene rings is 1. The second kappa shape index (κ2) is 5.53. The molecular weight excluding hydrogens is 206 g/mol. The van der Waals surface area contributed by atoms with Crippen molar-refractivity contribution in [2.75, 3.05) is 0 Å². The Morgan fingerprint density at radius 1 is 1.07 bits per heavy atom. The minimum atomic E-state index is 0. The molecule has 1 saturated carbocycles. The molecule has 1 nitrogen and oxygen atoms in total. The van der Waals surface area contributed by atoms with Gasteiger partial charge in [0.1, 0.15) is 0 Å². The van der Waals surface area contributed by atoms with Crippen molar-refractivity contribution in [1.29, 1.82) is 0 Å². The maximum absolute atomic E-state index is 5.91. The minimum Gasteiger partial charge on any atom is -0.328 e. The second-order valence-corrected chi connectivity index (χ2v) is 4.47. The van der Waals surface area contributed by atoms with Crippen LogP contribution in [-0.4, -0.2) is 6.04 Å². The molecule has 84 valence electrons. The van der Waals surface area contributed by atoms with Gasteiger partial charge in [-0.1, -0.05) is 24.3 Å². The molecule has 1 aliphatic carbocycles. The maximum atomic E-state index is 5.91. The molecule has 0 unspecified atom stereocenters. The largest absolute Gasteiger partial charge is 0.328 e. The molecule has 0 saturated heterocycles. The van der Waals surface area contributed by atoms with E-state index in [-0.39, 0.29) is 12.4 Å². The summed E-state index contributed by atoms with van der Waals surface area (Å²) in [5.74, 6) is 0.760. The molecule has 2 N–H and O–H groups in total. The van der Waals surface area contributed by atoms with E-state index in [1.54, 1.807) is 5.56 Å². The first kappa shape index (κ1) is 12.5. The number of aryl methyl sites for hydroxylation is 1. The van der Waals surface area contributed by atoms with Crippen molar-refractivity contribution in [3.8, 4) is 0 Å². The third kappa shape index (κ3) is 2.96. The van der Waals surface area contributed by atoms with E-state index in [4.69, 9.17) is 5.73 Å². The molecule has 0 heterocycles. The molecular formula is C13H20ClN. The number of hydrogen-bond donors (Lipinski definition) is 1. The zero-order valence-electron chi connectivity index (χ0n) is 9.28. The summed E-state index contributed by atoms with van der Waals surface area (Å²) in [5, 5.41) is 0. The molecule has 0 atom stereocenters. The van der Waals surface area contributed by atoms with Crippen molar-refractivity contribution < 1.29 is 0 Å². The van der Waals surface area contributed by atoms with Crippen molar-refractivity contribution in [2.24, 2.45) is 5.73 Å². The minimum absolute atomic E-state index is 0. The number of hydrogen-bond acceptors (Lipinski definition) is 1. The Labute approximate surface area is 98.5 Å².